The number of anilines is 1. The van der Waals surface area contributed by atoms with Gasteiger partial charge in [-0.15, -0.1) is 0 Å². The van der Waals surface area contributed by atoms with Gasteiger partial charge in [-0.25, -0.2) is 0 Å². The Morgan fingerprint density at radius 1 is 1.35 bits per heavy atom. The van der Waals surface area contributed by atoms with Gasteiger partial charge >= 0.3 is 0 Å². The molecule has 2 rings (SSSR count). The largest absolute Gasteiger partial charge is 0.510 e. The molecule has 1 heterocycles. The van der Waals surface area contributed by atoms with Gasteiger partial charge in [0.25, 0.3) is 0 Å². The molecule has 1 aliphatic rings. The highest BCUT2D eigenvalue weighted by molar-refractivity contribution is 5.96. The van der Waals surface area contributed by atoms with Gasteiger partial charge in [0.1, 0.15) is 5.76 Å². The molecule has 20 heavy (non-hydrogen) atoms. The number of carbonyl (C=O) groups is 1. The van der Waals surface area contributed by atoms with Crippen molar-refractivity contribution in [3.63, 3.8) is 0 Å². The second kappa shape index (κ2) is 5.70. The summed E-state index contributed by atoms with van der Waals surface area (Å²) in [6, 6.07) is 8.21. The average molecular weight is 273 g/mol. The van der Waals surface area contributed by atoms with Crippen molar-refractivity contribution in [2.45, 2.75) is 40.2 Å². The van der Waals surface area contributed by atoms with Gasteiger partial charge in [0, 0.05) is 5.69 Å². The maximum atomic E-state index is 11.8. The van der Waals surface area contributed by atoms with Crippen molar-refractivity contribution in [1.82, 2.24) is 0 Å². The van der Waals surface area contributed by atoms with Crippen LogP contribution in [0.5, 0.6) is 0 Å². The summed E-state index contributed by atoms with van der Waals surface area (Å²) < 4.78 is 0. The number of carbonyl (C=O) groups excluding carboxylic acids is 1. The molecule has 1 N–H and O–H groups in total. The van der Waals surface area contributed by atoms with Crippen LogP contribution in [0.3, 0.4) is 0 Å². The van der Waals surface area contributed by atoms with Crippen molar-refractivity contribution in [2.75, 3.05) is 11.4 Å². The molecular weight excluding hydrogens is 250 g/mol. The molecule has 1 aromatic rings. The Hall–Kier alpha value is -1.77. The van der Waals surface area contributed by atoms with Gasteiger partial charge in [0.2, 0.25) is 0 Å². The number of benzene rings is 1. The van der Waals surface area contributed by atoms with Crippen molar-refractivity contribution in [2.24, 2.45) is 5.92 Å². The van der Waals surface area contributed by atoms with Crippen LogP contribution in [0.15, 0.2) is 35.6 Å². The van der Waals surface area contributed by atoms with Gasteiger partial charge in [-0.2, -0.15) is 0 Å². The smallest absolute Gasteiger partial charge is 0.161 e. The molecule has 108 valence electrons. The first-order chi connectivity index (χ1) is 9.40. The fourth-order valence-electron chi connectivity index (χ4n) is 2.84. The Balaban J connectivity index is 2.34. The summed E-state index contributed by atoms with van der Waals surface area (Å²) >= 11 is 0. The van der Waals surface area contributed by atoms with E-state index in [9.17, 15) is 9.90 Å². The molecule has 0 bridgehead atoms. The topological polar surface area (TPSA) is 40.5 Å². The van der Waals surface area contributed by atoms with E-state index in [0.29, 0.717) is 18.0 Å². The summed E-state index contributed by atoms with van der Waals surface area (Å²) in [5.41, 5.74) is 2.85. The summed E-state index contributed by atoms with van der Waals surface area (Å²) in [4.78, 5) is 14.0. The highest BCUT2D eigenvalue weighted by Crippen LogP contribution is 2.33. The van der Waals surface area contributed by atoms with E-state index in [1.54, 1.807) is 0 Å². The van der Waals surface area contributed by atoms with Crippen LogP contribution in [-0.2, 0) is 4.79 Å². The molecule has 1 aliphatic heterocycles. The lowest BCUT2D eigenvalue weighted by atomic mass is 9.95. The molecule has 1 atom stereocenters. The van der Waals surface area contributed by atoms with E-state index in [0.717, 1.165) is 12.1 Å². The minimum atomic E-state index is -0.0252. The van der Waals surface area contributed by atoms with Gasteiger partial charge in [-0.05, 0) is 38.3 Å². The molecule has 0 radical (unpaired) electrons. The first-order valence-electron chi connectivity index (χ1n) is 7.16. The zero-order valence-corrected chi connectivity index (χ0v) is 12.7. The fraction of sp³-hybridized carbons (Fsp3) is 0.471. The molecule has 0 saturated heterocycles. The maximum Gasteiger partial charge on any atom is 0.161 e. The average Bonchev–Trinajstić information content (AvgIpc) is 2.66. The lowest BCUT2D eigenvalue weighted by Gasteiger charge is -2.29. The molecule has 1 unspecified atom stereocenters. The van der Waals surface area contributed by atoms with Crippen molar-refractivity contribution >= 4 is 11.5 Å². The summed E-state index contributed by atoms with van der Waals surface area (Å²) in [5, 5.41) is 10.1. The molecule has 3 nitrogen and oxygen atoms in total. The van der Waals surface area contributed by atoms with E-state index < -0.39 is 0 Å². The lowest BCUT2D eigenvalue weighted by Crippen LogP contribution is -2.34. The van der Waals surface area contributed by atoms with Crippen LogP contribution in [0.4, 0.5) is 5.69 Å². The normalized spacial score (nSPS) is 19.1. The third kappa shape index (κ3) is 2.87. The first kappa shape index (κ1) is 14.6. The molecular formula is C17H23NO2. The quantitative estimate of drug-likeness (QED) is 0.910. The van der Waals surface area contributed by atoms with E-state index in [1.807, 2.05) is 0 Å². The minimum Gasteiger partial charge on any atom is -0.510 e. The second-order valence-corrected chi connectivity index (χ2v) is 6.03. The number of aryl methyl sites for hydroxylation is 1. The third-order valence-electron chi connectivity index (χ3n) is 3.78. The lowest BCUT2D eigenvalue weighted by molar-refractivity contribution is -0.114. The molecule has 3 heteroatoms. The van der Waals surface area contributed by atoms with Crippen LogP contribution in [-0.4, -0.2) is 23.5 Å². The number of hydrogen-bond acceptors (Lipinski definition) is 3. The number of aliphatic hydroxyl groups excluding tert-OH is 1. The Kier molecular flexibility index (Phi) is 4.17. The van der Waals surface area contributed by atoms with Crippen LogP contribution in [0.25, 0.3) is 0 Å². The summed E-state index contributed by atoms with van der Waals surface area (Å²) in [6.45, 7) is 8.30. The van der Waals surface area contributed by atoms with E-state index >= 15 is 0 Å². The maximum absolute atomic E-state index is 11.8. The van der Waals surface area contributed by atoms with Gasteiger partial charge in [0.15, 0.2) is 5.78 Å². The molecule has 0 aromatic heterocycles. The van der Waals surface area contributed by atoms with Crippen molar-refractivity contribution in [1.29, 1.82) is 0 Å². The van der Waals surface area contributed by atoms with Crippen LogP contribution < -0.4 is 4.90 Å². The van der Waals surface area contributed by atoms with Crippen molar-refractivity contribution in [3.05, 3.63) is 41.2 Å². The van der Waals surface area contributed by atoms with E-state index in [-0.39, 0.29) is 17.6 Å². The highest BCUT2D eigenvalue weighted by Gasteiger charge is 2.35. The van der Waals surface area contributed by atoms with Crippen LogP contribution in [0.2, 0.25) is 0 Å². The number of hydrogen-bond donors (Lipinski definition) is 1. The van der Waals surface area contributed by atoms with E-state index in [4.69, 9.17) is 0 Å². The number of aliphatic hydroxyl groups is 1. The molecule has 1 aromatic carbocycles. The van der Waals surface area contributed by atoms with Gasteiger partial charge in [-0.1, -0.05) is 31.5 Å². The van der Waals surface area contributed by atoms with Crippen molar-refractivity contribution in [3.8, 4) is 0 Å². The summed E-state index contributed by atoms with van der Waals surface area (Å²) in [7, 11) is 0. The fourth-order valence-corrected chi connectivity index (χ4v) is 2.84. The van der Waals surface area contributed by atoms with E-state index in [2.05, 4.69) is 49.9 Å². The summed E-state index contributed by atoms with van der Waals surface area (Å²) in [6.07, 6.45) is 0.868. The molecule has 0 spiro atoms. The number of ketones is 1. The van der Waals surface area contributed by atoms with Crippen molar-refractivity contribution < 1.29 is 9.90 Å². The van der Waals surface area contributed by atoms with Gasteiger partial charge in [0.05, 0.1) is 18.2 Å². The molecule has 0 amide bonds. The van der Waals surface area contributed by atoms with E-state index in [1.165, 1.54) is 12.5 Å². The van der Waals surface area contributed by atoms with Crippen LogP contribution >= 0.6 is 0 Å². The Bertz CT molecular complexity index is 528. The predicted molar refractivity (Wildman–Crippen MR) is 82.1 cm³/mol. The molecule has 0 saturated carbocycles. The third-order valence-corrected chi connectivity index (χ3v) is 3.78. The zero-order chi connectivity index (χ0) is 14.9. The number of nitrogens with zero attached hydrogens (tertiary/aromatic N) is 1. The number of rotatable bonds is 4. The molecule has 0 fully saturated rings. The zero-order valence-electron chi connectivity index (χ0n) is 12.7. The van der Waals surface area contributed by atoms with Gasteiger partial charge < -0.3 is 10.0 Å². The minimum absolute atomic E-state index is 0.0183. The van der Waals surface area contributed by atoms with Crippen LogP contribution in [0.1, 0.15) is 32.8 Å². The Morgan fingerprint density at radius 3 is 2.45 bits per heavy atom. The Labute approximate surface area is 120 Å². The van der Waals surface area contributed by atoms with Gasteiger partial charge in [-0.3, -0.25) is 4.79 Å². The SMILES string of the molecule is CC(=O)C1=C(O)CN(c2ccc(C)cc2)C1CC(C)C. The summed E-state index contributed by atoms with van der Waals surface area (Å²) in [5.74, 6) is 0.666. The van der Waals surface area contributed by atoms with Crippen LogP contribution in [0, 0.1) is 12.8 Å². The first-order valence-corrected chi connectivity index (χ1v) is 7.16. The number of Topliss-reactive ketones (excluding diaryl/α,β-unsaturated/α-hetero) is 1. The highest BCUT2D eigenvalue weighted by atomic mass is 16.3. The molecule has 0 aliphatic carbocycles. The standard InChI is InChI=1S/C17H23NO2/c1-11(2)9-15-17(13(4)19)16(20)10-18(15)14-7-5-12(3)6-8-14/h5-8,11,15,20H,9-10H2,1-4H3. The Morgan fingerprint density at radius 2 is 1.95 bits per heavy atom. The predicted octanol–water partition coefficient (Wildman–Crippen LogP) is 3.63. The monoisotopic (exact) mass is 273 g/mol. The second-order valence-electron chi connectivity index (χ2n) is 6.03.